The van der Waals surface area contributed by atoms with Gasteiger partial charge in [-0.2, -0.15) is 0 Å². The average Bonchev–Trinajstić information content (AvgIpc) is 2.39. The Bertz CT molecular complexity index is 426. The molecule has 0 saturated carbocycles. The molecule has 0 unspecified atom stereocenters. The zero-order valence-corrected chi connectivity index (χ0v) is 11.0. The van der Waals surface area contributed by atoms with E-state index in [1.807, 2.05) is 19.1 Å². The van der Waals surface area contributed by atoms with Gasteiger partial charge in [0.15, 0.2) is 0 Å². The van der Waals surface area contributed by atoms with E-state index < -0.39 is 0 Å². The van der Waals surface area contributed by atoms with Crippen LogP contribution in [0.2, 0.25) is 0 Å². The van der Waals surface area contributed by atoms with Gasteiger partial charge in [0.25, 0.3) is 0 Å². The van der Waals surface area contributed by atoms with E-state index in [9.17, 15) is 4.79 Å². The number of carbonyl (C=O) groups excluding carboxylic acids is 1. The summed E-state index contributed by atoms with van der Waals surface area (Å²) in [5, 5.41) is 3.33. The molecule has 1 aliphatic heterocycles. The third-order valence-corrected chi connectivity index (χ3v) is 3.27. The van der Waals surface area contributed by atoms with Gasteiger partial charge in [-0.25, -0.2) is 4.79 Å². The third-order valence-electron chi connectivity index (χ3n) is 3.27. The lowest BCUT2D eigenvalue weighted by Crippen LogP contribution is -2.43. The Morgan fingerprint density at radius 2 is 2.11 bits per heavy atom. The second-order valence-electron chi connectivity index (χ2n) is 4.68. The van der Waals surface area contributed by atoms with Crippen molar-refractivity contribution in [1.29, 1.82) is 0 Å². The molecule has 1 saturated heterocycles. The van der Waals surface area contributed by atoms with Crippen molar-refractivity contribution in [3.8, 4) is 0 Å². The van der Waals surface area contributed by atoms with Gasteiger partial charge in [0.2, 0.25) is 0 Å². The van der Waals surface area contributed by atoms with Gasteiger partial charge < -0.3 is 10.1 Å². The normalized spacial score (nSPS) is 16.6. The Morgan fingerprint density at radius 3 is 2.78 bits per heavy atom. The summed E-state index contributed by atoms with van der Waals surface area (Å²) in [5.74, 6) is -0.250. The summed E-state index contributed by atoms with van der Waals surface area (Å²) in [6.45, 7) is 6.93. The highest BCUT2D eigenvalue weighted by Crippen LogP contribution is 2.15. The molecule has 1 fully saturated rings. The number of hydrogen-bond donors (Lipinski definition) is 1. The van der Waals surface area contributed by atoms with Crippen molar-refractivity contribution in [3.63, 3.8) is 0 Å². The molecule has 0 aromatic heterocycles. The van der Waals surface area contributed by atoms with Crippen LogP contribution in [0.3, 0.4) is 0 Å². The zero-order chi connectivity index (χ0) is 13.0. The van der Waals surface area contributed by atoms with Crippen LogP contribution in [0.25, 0.3) is 0 Å². The van der Waals surface area contributed by atoms with Crippen LogP contribution < -0.4 is 5.32 Å². The molecule has 0 amide bonds. The van der Waals surface area contributed by atoms with Crippen LogP contribution in [0.5, 0.6) is 0 Å². The Balaban J connectivity index is 2.18. The SMILES string of the molecule is COC(=O)c1ccc(C)cc1CN1CCNCC1. The van der Waals surface area contributed by atoms with E-state index in [1.165, 1.54) is 12.7 Å². The smallest absolute Gasteiger partial charge is 0.338 e. The zero-order valence-electron chi connectivity index (χ0n) is 11.0. The molecular weight excluding hydrogens is 228 g/mol. The standard InChI is InChI=1S/C14H20N2O2/c1-11-3-4-13(14(17)18-2)12(9-11)10-16-7-5-15-6-8-16/h3-4,9,15H,5-8,10H2,1-2H3. The van der Waals surface area contributed by atoms with Gasteiger partial charge in [0.1, 0.15) is 0 Å². The fourth-order valence-corrected chi connectivity index (χ4v) is 2.27. The largest absolute Gasteiger partial charge is 0.465 e. The summed E-state index contributed by atoms with van der Waals surface area (Å²) in [7, 11) is 1.43. The molecule has 4 nitrogen and oxygen atoms in total. The number of benzene rings is 1. The maximum Gasteiger partial charge on any atom is 0.338 e. The van der Waals surface area contributed by atoms with Crippen molar-refractivity contribution in [1.82, 2.24) is 10.2 Å². The second kappa shape index (κ2) is 5.98. The van der Waals surface area contributed by atoms with Crippen LogP contribution in [0.1, 0.15) is 21.5 Å². The van der Waals surface area contributed by atoms with Gasteiger partial charge in [0, 0.05) is 32.7 Å². The van der Waals surface area contributed by atoms with Gasteiger partial charge in [-0.3, -0.25) is 4.90 Å². The summed E-state index contributed by atoms with van der Waals surface area (Å²) in [5.41, 5.74) is 2.91. The van der Waals surface area contributed by atoms with Gasteiger partial charge >= 0.3 is 5.97 Å². The fraction of sp³-hybridized carbons (Fsp3) is 0.500. The van der Waals surface area contributed by atoms with Crippen LogP contribution in [0.4, 0.5) is 0 Å². The van der Waals surface area contributed by atoms with Crippen LogP contribution in [0.15, 0.2) is 18.2 Å². The van der Waals surface area contributed by atoms with E-state index in [4.69, 9.17) is 4.74 Å². The van der Waals surface area contributed by atoms with E-state index in [1.54, 1.807) is 0 Å². The first kappa shape index (κ1) is 13.1. The number of aryl methyl sites for hydroxylation is 1. The lowest BCUT2D eigenvalue weighted by molar-refractivity contribution is 0.0598. The van der Waals surface area contributed by atoms with Crippen molar-refractivity contribution >= 4 is 5.97 Å². The Morgan fingerprint density at radius 1 is 1.39 bits per heavy atom. The van der Waals surface area contributed by atoms with Gasteiger partial charge in [0.05, 0.1) is 12.7 Å². The lowest BCUT2D eigenvalue weighted by atomic mass is 10.0. The maximum absolute atomic E-state index is 11.7. The number of rotatable bonds is 3. The summed E-state index contributed by atoms with van der Waals surface area (Å²) in [6, 6.07) is 5.89. The molecule has 18 heavy (non-hydrogen) atoms. The van der Waals surface area contributed by atoms with Crippen molar-refractivity contribution in [3.05, 3.63) is 34.9 Å². The summed E-state index contributed by atoms with van der Waals surface area (Å²) >= 11 is 0. The highest BCUT2D eigenvalue weighted by molar-refractivity contribution is 5.91. The van der Waals surface area contributed by atoms with E-state index in [0.29, 0.717) is 5.56 Å². The van der Waals surface area contributed by atoms with E-state index in [-0.39, 0.29) is 5.97 Å². The predicted octanol–water partition coefficient (Wildman–Crippen LogP) is 1.19. The molecule has 0 bridgehead atoms. The number of hydrogen-bond acceptors (Lipinski definition) is 4. The number of esters is 1. The van der Waals surface area contributed by atoms with Crippen LogP contribution in [0, 0.1) is 6.92 Å². The topological polar surface area (TPSA) is 41.6 Å². The number of carbonyl (C=O) groups is 1. The number of nitrogens with one attached hydrogen (secondary N) is 1. The molecular formula is C14H20N2O2. The van der Waals surface area contributed by atoms with Crippen LogP contribution in [-0.2, 0) is 11.3 Å². The lowest BCUT2D eigenvalue weighted by Gasteiger charge is -2.27. The summed E-state index contributed by atoms with van der Waals surface area (Å²) in [6.07, 6.45) is 0. The first-order valence-corrected chi connectivity index (χ1v) is 6.31. The van der Waals surface area contributed by atoms with Crippen molar-refractivity contribution in [2.24, 2.45) is 0 Å². The Labute approximate surface area is 108 Å². The van der Waals surface area contributed by atoms with Gasteiger partial charge in [-0.15, -0.1) is 0 Å². The molecule has 4 heteroatoms. The van der Waals surface area contributed by atoms with E-state index >= 15 is 0 Å². The minimum Gasteiger partial charge on any atom is -0.465 e. The maximum atomic E-state index is 11.7. The molecule has 0 atom stereocenters. The quantitative estimate of drug-likeness (QED) is 0.816. The van der Waals surface area contributed by atoms with Crippen molar-refractivity contribution < 1.29 is 9.53 Å². The Kier molecular flexibility index (Phi) is 4.33. The van der Waals surface area contributed by atoms with E-state index in [0.717, 1.165) is 38.3 Å². The second-order valence-corrected chi connectivity index (χ2v) is 4.68. The number of nitrogens with zero attached hydrogens (tertiary/aromatic N) is 1. The first-order valence-electron chi connectivity index (χ1n) is 6.31. The van der Waals surface area contributed by atoms with Gasteiger partial charge in [-0.05, 0) is 18.6 Å². The number of ether oxygens (including phenoxy) is 1. The first-order chi connectivity index (χ1) is 8.70. The highest BCUT2D eigenvalue weighted by Gasteiger charge is 2.16. The molecule has 1 aromatic carbocycles. The van der Waals surface area contributed by atoms with Crippen molar-refractivity contribution in [2.45, 2.75) is 13.5 Å². The number of piperazine rings is 1. The van der Waals surface area contributed by atoms with Crippen LogP contribution in [-0.4, -0.2) is 44.2 Å². The van der Waals surface area contributed by atoms with Crippen molar-refractivity contribution in [2.75, 3.05) is 33.3 Å². The molecule has 2 rings (SSSR count). The molecule has 1 heterocycles. The minimum absolute atomic E-state index is 0.250. The predicted molar refractivity (Wildman–Crippen MR) is 70.7 cm³/mol. The molecule has 1 aromatic rings. The molecule has 0 aliphatic carbocycles. The molecule has 1 N–H and O–H groups in total. The molecule has 1 aliphatic rings. The highest BCUT2D eigenvalue weighted by atomic mass is 16.5. The fourth-order valence-electron chi connectivity index (χ4n) is 2.27. The molecule has 0 spiro atoms. The van der Waals surface area contributed by atoms with Crippen LogP contribution >= 0.6 is 0 Å². The third kappa shape index (κ3) is 3.09. The minimum atomic E-state index is -0.250. The summed E-state index contributed by atoms with van der Waals surface area (Å²) in [4.78, 5) is 14.1. The van der Waals surface area contributed by atoms with E-state index in [2.05, 4.69) is 16.3 Å². The monoisotopic (exact) mass is 248 g/mol. The van der Waals surface area contributed by atoms with Gasteiger partial charge in [-0.1, -0.05) is 17.7 Å². The average molecular weight is 248 g/mol. The summed E-state index contributed by atoms with van der Waals surface area (Å²) < 4.78 is 4.84. The molecule has 98 valence electrons. The number of methoxy groups -OCH3 is 1. The molecule has 0 radical (unpaired) electrons. The Hall–Kier alpha value is -1.39.